The van der Waals surface area contributed by atoms with Crippen molar-refractivity contribution in [1.82, 2.24) is 0 Å². The molecule has 2 aromatic carbocycles. The van der Waals surface area contributed by atoms with Crippen LogP contribution < -0.4 is 5.32 Å². The van der Waals surface area contributed by atoms with Gasteiger partial charge in [-0.15, -0.1) is 11.3 Å². The van der Waals surface area contributed by atoms with Crippen LogP contribution in [-0.4, -0.2) is 11.6 Å². The number of nitrogens with zero attached hydrogens (tertiary/aromatic N) is 1. The van der Waals surface area contributed by atoms with E-state index in [0.717, 1.165) is 11.3 Å². The number of thiophene rings is 1. The summed E-state index contributed by atoms with van der Waals surface area (Å²) in [5, 5.41) is 5.31. The number of rotatable bonds is 5. The van der Waals surface area contributed by atoms with Crippen LogP contribution in [0.25, 0.3) is 0 Å². The lowest BCUT2D eigenvalue weighted by Gasteiger charge is -2.10. The number of halogens is 1. The molecule has 0 fully saturated rings. The summed E-state index contributed by atoms with van der Waals surface area (Å²) in [5.74, 6) is -0.149. The van der Waals surface area contributed by atoms with E-state index in [1.54, 1.807) is 24.3 Å². The molecule has 5 heteroatoms. The number of amides is 1. The lowest BCUT2D eigenvalue weighted by Crippen LogP contribution is -2.10. The van der Waals surface area contributed by atoms with Crippen LogP contribution in [0.15, 0.2) is 77.6 Å². The van der Waals surface area contributed by atoms with Gasteiger partial charge >= 0.3 is 0 Å². The van der Waals surface area contributed by atoms with E-state index in [2.05, 4.69) is 16.9 Å². The molecular weight excluding hydrogens is 364 g/mol. The molecule has 26 heavy (non-hydrogen) atoms. The number of anilines is 1. The first-order valence-corrected chi connectivity index (χ1v) is 9.26. The van der Waals surface area contributed by atoms with Gasteiger partial charge in [-0.05, 0) is 54.3 Å². The predicted molar refractivity (Wildman–Crippen MR) is 111 cm³/mol. The molecule has 3 aromatic rings. The zero-order valence-corrected chi connectivity index (χ0v) is 15.8. The molecule has 0 aliphatic heterocycles. The second kappa shape index (κ2) is 8.13. The van der Waals surface area contributed by atoms with Crippen molar-refractivity contribution in [2.45, 2.75) is 6.92 Å². The maximum atomic E-state index is 12.3. The molecule has 0 aliphatic rings. The number of hydrogen-bond donors (Lipinski definition) is 1. The first-order valence-electron chi connectivity index (χ1n) is 8.00. The van der Waals surface area contributed by atoms with Gasteiger partial charge in [0.05, 0.1) is 21.3 Å². The summed E-state index contributed by atoms with van der Waals surface area (Å²) in [6.07, 6.45) is 1.67. The molecule has 0 atom stereocenters. The van der Waals surface area contributed by atoms with Crippen LogP contribution in [0.4, 0.5) is 11.4 Å². The van der Waals surface area contributed by atoms with E-state index >= 15 is 0 Å². The Balaban J connectivity index is 1.94. The largest absolute Gasteiger partial charge is 0.321 e. The van der Waals surface area contributed by atoms with Gasteiger partial charge in [0.1, 0.15) is 0 Å². The van der Waals surface area contributed by atoms with Crippen molar-refractivity contribution in [3.05, 3.63) is 93.7 Å². The van der Waals surface area contributed by atoms with Gasteiger partial charge in [-0.2, -0.15) is 0 Å². The molecule has 0 unspecified atom stereocenters. The highest BCUT2D eigenvalue weighted by atomic mass is 35.5. The van der Waals surface area contributed by atoms with Crippen LogP contribution in [-0.2, 0) is 0 Å². The van der Waals surface area contributed by atoms with Crippen LogP contribution >= 0.6 is 22.9 Å². The summed E-state index contributed by atoms with van der Waals surface area (Å²) in [6.45, 7) is 5.86. The smallest absolute Gasteiger partial charge is 0.265 e. The minimum Gasteiger partial charge on any atom is -0.321 e. The third-order valence-corrected chi connectivity index (χ3v) is 4.99. The Hall–Kier alpha value is -2.69. The summed E-state index contributed by atoms with van der Waals surface area (Å²) in [5.41, 5.74) is 3.93. The molecule has 3 nitrogen and oxygen atoms in total. The van der Waals surface area contributed by atoms with Crippen LogP contribution in [0, 0.1) is 6.92 Å². The Kier molecular flexibility index (Phi) is 5.66. The molecule has 1 heterocycles. The molecule has 3 rings (SSSR count). The normalized spacial score (nSPS) is 11.2. The monoisotopic (exact) mass is 380 g/mol. The molecule has 1 amide bonds. The molecule has 1 aromatic heterocycles. The van der Waals surface area contributed by atoms with Crippen molar-refractivity contribution in [2.24, 2.45) is 4.99 Å². The summed E-state index contributed by atoms with van der Waals surface area (Å²) < 4.78 is 0. The van der Waals surface area contributed by atoms with Crippen molar-refractivity contribution in [3.8, 4) is 0 Å². The predicted octanol–water partition coefficient (Wildman–Crippen LogP) is 6.27. The first-order chi connectivity index (χ1) is 12.6. The lowest BCUT2D eigenvalue weighted by molar-refractivity contribution is 0.103. The van der Waals surface area contributed by atoms with E-state index < -0.39 is 0 Å². The van der Waals surface area contributed by atoms with Gasteiger partial charge in [-0.3, -0.25) is 4.79 Å². The fourth-order valence-corrected chi connectivity index (χ4v) is 3.27. The second-order valence-corrected chi connectivity index (χ2v) is 6.97. The fraction of sp³-hybridized carbons (Fsp3) is 0.0476. The van der Waals surface area contributed by atoms with Crippen molar-refractivity contribution >= 4 is 45.9 Å². The Morgan fingerprint density at radius 3 is 2.69 bits per heavy atom. The maximum Gasteiger partial charge on any atom is 0.265 e. The fourth-order valence-electron chi connectivity index (χ4n) is 2.43. The summed E-state index contributed by atoms with van der Waals surface area (Å²) >= 11 is 7.77. The highest BCUT2D eigenvalue weighted by Gasteiger charge is 2.11. The quantitative estimate of drug-likeness (QED) is 0.521. The van der Waals surface area contributed by atoms with E-state index in [-0.39, 0.29) is 5.91 Å². The van der Waals surface area contributed by atoms with Crippen molar-refractivity contribution in [2.75, 3.05) is 5.32 Å². The molecule has 0 saturated carbocycles. The number of carbonyl (C=O) groups is 1. The van der Waals surface area contributed by atoms with Gasteiger partial charge in [0.2, 0.25) is 0 Å². The van der Waals surface area contributed by atoms with E-state index in [1.165, 1.54) is 11.3 Å². The van der Waals surface area contributed by atoms with E-state index in [9.17, 15) is 4.79 Å². The molecule has 1 N–H and O–H groups in total. The van der Waals surface area contributed by atoms with Gasteiger partial charge in [0.25, 0.3) is 5.91 Å². The van der Waals surface area contributed by atoms with Crippen LogP contribution in [0.3, 0.4) is 0 Å². The number of carbonyl (C=O) groups excluding carboxylic acids is 1. The SMILES string of the molecule is C=CC(=Nc1ccccc1C)c1cc(NC(=O)c2cccs2)ccc1Cl. The van der Waals surface area contributed by atoms with Gasteiger partial charge in [-0.25, -0.2) is 4.99 Å². The van der Waals surface area contributed by atoms with Crippen molar-refractivity contribution < 1.29 is 4.79 Å². The first kappa shape index (κ1) is 18.1. The standard InChI is InChI=1S/C21H17ClN2OS/c1-3-18(24-19-8-5-4-7-14(19)2)16-13-15(10-11-17(16)22)23-21(25)20-9-6-12-26-20/h3-13H,1H2,2H3,(H,23,25). The van der Waals surface area contributed by atoms with E-state index in [0.29, 0.717) is 26.9 Å². The molecule has 0 aliphatic carbocycles. The zero-order valence-electron chi connectivity index (χ0n) is 14.2. The lowest BCUT2D eigenvalue weighted by atomic mass is 10.1. The Bertz CT molecular complexity index is 977. The highest BCUT2D eigenvalue weighted by Crippen LogP contribution is 2.25. The number of aliphatic imine (C=N–C) groups is 1. The summed E-state index contributed by atoms with van der Waals surface area (Å²) in [4.78, 5) is 17.6. The molecule has 130 valence electrons. The number of benzene rings is 2. The third kappa shape index (κ3) is 4.10. The second-order valence-electron chi connectivity index (χ2n) is 5.61. The summed E-state index contributed by atoms with van der Waals surface area (Å²) in [7, 11) is 0. The molecule has 0 bridgehead atoms. The van der Waals surface area contributed by atoms with E-state index in [4.69, 9.17) is 11.6 Å². The molecule has 0 radical (unpaired) electrons. The van der Waals surface area contributed by atoms with Gasteiger partial charge in [-0.1, -0.05) is 42.4 Å². The summed E-state index contributed by atoms with van der Waals surface area (Å²) in [6, 6.07) is 16.8. The Morgan fingerprint density at radius 2 is 2.00 bits per heavy atom. The van der Waals surface area contributed by atoms with Crippen molar-refractivity contribution in [1.29, 1.82) is 0 Å². The topological polar surface area (TPSA) is 41.5 Å². The highest BCUT2D eigenvalue weighted by molar-refractivity contribution is 7.12. The number of aryl methyl sites for hydroxylation is 1. The van der Waals surface area contributed by atoms with Gasteiger partial charge < -0.3 is 5.32 Å². The molecule has 0 spiro atoms. The maximum absolute atomic E-state index is 12.3. The number of hydrogen-bond acceptors (Lipinski definition) is 3. The van der Waals surface area contributed by atoms with Gasteiger partial charge in [0.15, 0.2) is 0 Å². The van der Waals surface area contributed by atoms with Crippen molar-refractivity contribution in [3.63, 3.8) is 0 Å². The minimum atomic E-state index is -0.149. The average molecular weight is 381 g/mol. The van der Waals surface area contributed by atoms with Gasteiger partial charge in [0, 0.05) is 11.3 Å². The zero-order chi connectivity index (χ0) is 18.5. The molecule has 0 saturated heterocycles. The number of allylic oxidation sites excluding steroid dienone is 1. The number of para-hydroxylation sites is 1. The average Bonchev–Trinajstić information content (AvgIpc) is 3.18. The van der Waals surface area contributed by atoms with Crippen LogP contribution in [0.5, 0.6) is 0 Å². The van der Waals surface area contributed by atoms with Crippen LogP contribution in [0.1, 0.15) is 20.8 Å². The van der Waals surface area contributed by atoms with E-state index in [1.807, 2.05) is 48.7 Å². The minimum absolute atomic E-state index is 0.149. The Morgan fingerprint density at radius 1 is 1.19 bits per heavy atom. The Labute approximate surface area is 161 Å². The van der Waals surface area contributed by atoms with Crippen LogP contribution in [0.2, 0.25) is 5.02 Å². The number of nitrogens with one attached hydrogen (secondary N) is 1. The third-order valence-electron chi connectivity index (χ3n) is 3.79. The molecular formula is C21H17ClN2OS.